The van der Waals surface area contributed by atoms with Gasteiger partial charge in [-0.3, -0.25) is 0 Å². The molecule has 0 nitrogen and oxygen atoms in total. The van der Waals surface area contributed by atoms with Crippen LogP contribution in [-0.4, -0.2) is 0 Å². The van der Waals surface area contributed by atoms with Crippen molar-refractivity contribution in [3.63, 3.8) is 0 Å². The maximum absolute atomic E-state index is 3.92. The lowest BCUT2D eigenvalue weighted by atomic mass is 9.97. The largest absolute Gasteiger partial charge is 0.0990 e. The first kappa shape index (κ1) is 15.1. The molecule has 0 saturated heterocycles. The molecule has 0 saturated carbocycles. The van der Waals surface area contributed by atoms with Gasteiger partial charge in [0.05, 0.1) is 0 Å². The summed E-state index contributed by atoms with van der Waals surface area (Å²) in [6.07, 6.45) is 12.5. The Labute approximate surface area is 128 Å². The minimum Gasteiger partial charge on any atom is -0.0990 e. The quantitative estimate of drug-likeness (QED) is 0.600. The standard InChI is InChI=1S/C21H22/c1-5-10-18(6-2)20-13-16(3)17(4)14-21(15-20)19-11-8-7-9-12-19/h5-16H,1-2H2,3-4H3/b18-10+. The number of allylic oxidation sites excluding steroid dienone is 10. The predicted octanol–water partition coefficient (Wildman–Crippen LogP) is 5.89. The lowest BCUT2D eigenvalue weighted by Crippen LogP contribution is -1.92. The van der Waals surface area contributed by atoms with Gasteiger partial charge in [-0.15, -0.1) is 0 Å². The van der Waals surface area contributed by atoms with Crippen molar-refractivity contribution < 1.29 is 0 Å². The van der Waals surface area contributed by atoms with Gasteiger partial charge in [0.15, 0.2) is 0 Å². The molecule has 0 heterocycles. The molecule has 0 heteroatoms. The highest BCUT2D eigenvalue weighted by molar-refractivity contribution is 5.79. The molecule has 106 valence electrons. The smallest absolute Gasteiger partial charge is 0.00419 e. The van der Waals surface area contributed by atoms with E-state index in [1.807, 2.05) is 24.3 Å². The van der Waals surface area contributed by atoms with Crippen molar-refractivity contribution in [2.75, 3.05) is 0 Å². The first-order valence-corrected chi connectivity index (χ1v) is 7.28. The van der Waals surface area contributed by atoms with E-state index in [1.165, 1.54) is 22.3 Å². The summed E-state index contributed by atoms with van der Waals surface area (Å²) >= 11 is 0. The van der Waals surface area contributed by atoms with Crippen molar-refractivity contribution in [1.29, 1.82) is 0 Å². The van der Waals surface area contributed by atoms with Crippen molar-refractivity contribution in [1.82, 2.24) is 0 Å². The van der Waals surface area contributed by atoms with Gasteiger partial charge >= 0.3 is 0 Å². The zero-order valence-electron chi connectivity index (χ0n) is 12.8. The van der Waals surface area contributed by atoms with Crippen LogP contribution in [0.5, 0.6) is 0 Å². The van der Waals surface area contributed by atoms with Crippen LogP contribution in [0.1, 0.15) is 19.4 Å². The zero-order chi connectivity index (χ0) is 15.2. The number of benzene rings is 1. The molecule has 1 aliphatic carbocycles. The van der Waals surface area contributed by atoms with Crippen LogP contribution in [0.25, 0.3) is 5.57 Å². The van der Waals surface area contributed by atoms with E-state index in [-0.39, 0.29) is 0 Å². The van der Waals surface area contributed by atoms with Crippen molar-refractivity contribution >= 4 is 5.57 Å². The monoisotopic (exact) mass is 274 g/mol. The highest BCUT2D eigenvalue weighted by atomic mass is 14.2. The van der Waals surface area contributed by atoms with Crippen LogP contribution in [0.15, 0.2) is 96.7 Å². The first-order chi connectivity index (χ1) is 10.2. The average Bonchev–Trinajstić information content (AvgIpc) is 2.65. The molecule has 21 heavy (non-hydrogen) atoms. The maximum Gasteiger partial charge on any atom is -0.00419 e. The summed E-state index contributed by atoms with van der Waals surface area (Å²) in [5.74, 6) is 0.408. The summed E-state index contributed by atoms with van der Waals surface area (Å²) < 4.78 is 0. The molecule has 1 aromatic carbocycles. The van der Waals surface area contributed by atoms with Crippen LogP contribution in [0.2, 0.25) is 0 Å². The molecule has 1 aromatic rings. The van der Waals surface area contributed by atoms with E-state index in [1.54, 1.807) is 0 Å². The normalized spacial score (nSPS) is 19.0. The molecule has 1 atom stereocenters. The van der Waals surface area contributed by atoms with Gasteiger partial charge in [-0.05, 0) is 41.2 Å². The van der Waals surface area contributed by atoms with Crippen LogP contribution in [0.3, 0.4) is 0 Å². The van der Waals surface area contributed by atoms with E-state index >= 15 is 0 Å². The topological polar surface area (TPSA) is 0 Å². The molecule has 1 aliphatic rings. The molecule has 0 bridgehead atoms. The second-order valence-electron chi connectivity index (χ2n) is 5.33. The van der Waals surface area contributed by atoms with Crippen LogP contribution in [-0.2, 0) is 0 Å². The number of rotatable bonds is 4. The Kier molecular flexibility index (Phi) is 4.94. The van der Waals surface area contributed by atoms with E-state index in [4.69, 9.17) is 0 Å². The summed E-state index contributed by atoms with van der Waals surface area (Å²) in [6.45, 7) is 12.1. The molecule has 0 aliphatic heterocycles. The molecule has 0 aromatic heterocycles. The van der Waals surface area contributed by atoms with Crippen LogP contribution in [0, 0.1) is 5.92 Å². The third-order valence-electron chi connectivity index (χ3n) is 3.80. The SMILES string of the molecule is C=C/C=C(\C=C)C1=CC(C)C(C)=CC(c2ccccc2)=C1. The van der Waals surface area contributed by atoms with Crippen LogP contribution in [0.4, 0.5) is 0 Å². The Morgan fingerprint density at radius 3 is 2.43 bits per heavy atom. The zero-order valence-corrected chi connectivity index (χ0v) is 12.8. The fraction of sp³-hybridized carbons (Fsp3) is 0.143. The van der Waals surface area contributed by atoms with Crippen LogP contribution < -0.4 is 0 Å². The lowest BCUT2D eigenvalue weighted by Gasteiger charge is -2.07. The molecule has 0 fully saturated rings. The highest BCUT2D eigenvalue weighted by Crippen LogP contribution is 2.30. The van der Waals surface area contributed by atoms with Crippen molar-refractivity contribution in [3.05, 3.63) is 102 Å². The minimum absolute atomic E-state index is 0.408. The number of hydrogen-bond acceptors (Lipinski definition) is 0. The fourth-order valence-electron chi connectivity index (χ4n) is 2.42. The summed E-state index contributed by atoms with van der Waals surface area (Å²) in [7, 11) is 0. The fourth-order valence-corrected chi connectivity index (χ4v) is 2.42. The molecule has 0 N–H and O–H groups in total. The van der Waals surface area contributed by atoms with E-state index in [2.05, 4.69) is 69.5 Å². The van der Waals surface area contributed by atoms with Gasteiger partial charge in [-0.2, -0.15) is 0 Å². The molecule has 0 amide bonds. The average molecular weight is 274 g/mol. The molecule has 0 radical (unpaired) electrons. The van der Waals surface area contributed by atoms with E-state index in [0.29, 0.717) is 5.92 Å². The van der Waals surface area contributed by atoms with Gasteiger partial charge in [0, 0.05) is 0 Å². The van der Waals surface area contributed by atoms with Crippen molar-refractivity contribution in [3.8, 4) is 0 Å². The van der Waals surface area contributed by atoms with Gasteiger partial charge in [0.25, 0.3) is 0 Å². The van der Waals surface area contributed by atoms with Crippen molar-refractivity contribution in [2.45, 2.75) is 13.8 Å². The second kappa shape index (κ2) is 6.90. The number of hydrogen-bond donors (Lipinski definition) is 0. The van der Waals surface area contributed by atoms with Gasteiger partial charge < -0.3 is 0 Å². The van der Waals surface area contributed by atoms with Gasteiger partial charge in [-0.1, -0.05) is 86.4 Å². The van der Waals surface area contributed by atoms with Crippen LogP contribution >= 0.6 is 0 Å². The summed E-state index contributed by atoms with van der Waals surface area (Å²) in [4.78, 5) is 0. The Balaban J connectivity index is 2.56. The second-order valence-corrected chi connectivity index (χ2v) is 5.33. The van der Waals surface area contributed by atoms with Gasteiger partial charge in [0.1, 0.15) is 0 Å². The molecular formula is C21H22. The third-order valence-corrected chi connectivity index (χ3v) is 3.80. The Morgan fingerprint density at radius 2 is 1.81 bits per heavy atom. The van der Waals surface area contributed by atoms with Gasteiger partial charge in [-0.25, -0.2) is 0 Å². The van der Waals surface area contributed by atoms with E-state index in [9.17, 15) is 0 Å². The lowest BCUT2D eigenvalue weighted by molar-refractivity contribution is 0.861. The van der Waals surface area contributed by atoms with Gasteiger partial charge in [0.2, 0.25) is 0 Å². The highest BCUT2D eigenvalue weighted by Gasteiger charge is 2.11. The molecule has 2 rings (SSSR count). The van der Waals surface area contributed by atoms with Crippen molar-refractivity contribution in [2.24, 2.45) is 5.92 Å². The Hall–Kier alpha value is -2.34. The summed E-state index contributed by atoms with van der Waals surface area (Å²) in [5.41, 5.74) is 6.14. The summed E-state index contributed by atoms with van der Waals surface area (Å²) in [5, 5.41) is 0. The third kappa shape index (κ3) is 3.61. The minimum atomic E-state index is 0.408. The molecular weight excluding hydrogens is 252 g/mol. The summed E-state index contributed by atoms with van der Waals surface area (Å²) in [6, 6.07) is 10.5. The Morgan fingerprint density at radius 1 is 1.10 bits per heavy atom. The predicted molar refractivity (Wildman–Crippen MR) is 93.9 cm³/mol. The van der Waals surface area contributed by atoms with E-state index < -0.39 is 0 Å². The maximum atomic E-state index is 3.92. The molecule has 1 unspecified atom stereocenters. The van der Waals surface area contributed by atoms with E-state index in [0.717, 1.165) is 5.57 Å². The first-order valence-electron chi connectivity index (χ1n) is 7.28. The molecule has 0 spiro atoms. The Bertz CT molecular complexity index is 649.